The molecule has 4 rings (SSSR count). The monoisotopic (exact) mass is 371 g/mol. The van der Waals surface area contributed by atoms with Gasteiger partial charge in [-0.1, -0.05) is 42.5 Å². The summed E-state index contributed by atoms with van der Waals surface area (Å²) in [7, 11) is 1.63. The Bertz CT molecular complexity index is 1140. The number of nitrogens with zero attached hydrogens (tertiary/aromatic N) is 2. The van der Waals surface area contributed by atoms with Crippen molar-refractivity contribution in [3.8, 4) is 5.75 Å². The summed E-state index contributed by atoms with van der Waals surface area (Å²) in [6.07, 6.45) is 1.48. The van der Waals surface area contributed by atoms with Crippen LogP contribution in [0.2, 0.25) is 0 Å². The van der Waals surface area contributed by atoms with E-state index in [-0.39, 0.29) is 0 Å². The molecule has 0 bridgehead atoms. The zero-order chi connectivity index (χ0) is 19.5. The van der Waals surface area contributed by atoms with Gasteiger partial charge in [-0.05, 0) is 36.1 Å². The molecule has 140 valence electrons. The van der Waals surface area contributed by atoms with Crippen LogP contribution in [0.3, 0.4) is 0 Å². The highest BCUT2D eigenvalue weighted by molar-refractivity contribution is 5.96. The van der Waals surface area contributed by atoms with Crippen molar-refractivity contribution >= 4 is 39.5 Å². The first-order valence-corrected chi connectivity index (χ1v) is 8.92. The lowest BCUT2D eigenvalue weighted by atomic mass is 10.1. The van der Waals surface area contributed by atoms with E-state index in [1.165, 1.54) is 6.33 Å². The topological polar surface area (TPSA) is 85.1 Å². The Morgan fingerprint density at radius 3 is 2.36 bits per heavy atom. The van der Waals surface area contributed by atoms with Gasteiger partial charge in [0.1, 0.15) is 17.8 Å². The van der Waals surface area contributed by atoms with Crippen LogP contribution in [0.1, 0.15) is 5.56 Å². The van der Waals surface area contributed by atoms with E-state index < -0.39 is 0 Å². The van der Waals surface area contributed by atoms with E-state index in [2.05, 4.69) is 38.8 Å². The molecular formula is C22H21N5O. The third-order valence-electron chi connectivity index (χ3n) is 4.53. The fourth-order valence-electron chi connectivity index (χ4n) is 3.10. The lowest BCUT2D eigenvalue weighted by molar-refractivity contribution is 0.416. The van der Waals surface area contributed by atoms with Gasteiger partial charge in [0, 0.05) is 11.1 Å². The maximum absolute atomic E-state index is 6.36. The van der Waals surface area contributed by atoms with Gasteiger partial charge in [0.25, 0.3) is 0 Å². The number of methoxy groups -OCH3 is 1. The number of aromatic nitrogens is 2. The van der Waals surface area contributed by atoms with Gasteiger partial charge >= 0.3 is 0 Å². The van der Waals surface area contributed by atoms with Gasteiger partial charge in [0.05, 0.1) is 12.8 Å². The molecule has 0 aliphatic carbocycles. The predicted octanol–water partition coefficient (Wildman–Crippen LogP) is 5.02. The standard InChI is InChI=1S/C22H21N5O/c1-14-10-11-19(28-2)18(12-14)27-22-20(23)21(24-13-25-22)26-17-9-5-7-15-6-3-4-8-16(15)17/h3-13H,23H2,1-2H3,(H2,24,25,26,27). The van der Waals surface area contributed by atoms with Crippen molar-refractivity contribution in [2.45, 2.75) is 6.92 Å². The molecule has 4 N–H and O–H groups in total. The minimum Gasteiger partial charge on any atom is -0.495 e. The Hall–Kier alpha value is -3.80. The summed E-state index contributed by atoms with van der Waals surface area (Å²) in [5.41, 5.74) is 9.62. The molecular weight excluding hydrogens is 350 g/mol. The van der Waals surface area contributed by atoms with Crippen LogP contribution < -0.4 is 21.1 Å². The van der Waals surface area contributed by atoms with Crippen molar-refractivity contribution in [1.29, 1.82) is 0 Å². The molecule has 28 heavy (non-hydrogen) atoms. The second kappa shape index (κ2) is 7.44. The van der Waals surface area contributed by atoms with E-state index in [0.717, 1.165) is 27.7 Å². The third-order valence-corrected chi connectivity index (χ3v) is 4.53. The van der Waals surface area contributed by atoms with Gasteiger partial charge in [0.15, 0.2) is 11.6 Å². The van der Waals surface area contributed by atoms with Crippen molar-refractivity contribution in [2.75, 3.05) is 23.5 Å². The Morgan fingerprint density at radius 2 is 1.57 bits per heavy atom. The zero-order valence-electron chi connectivity index (χ0n) is 15.7. The second-order valence-electron chi connectivity index (χ2n) is 6.47. The average molecular weight is 371 g/mol. The second-order valence-corrected chi connectivity index (χ2v) is 6.47. The zero-order valence-corrected chi connectivity index (χ0v) is 15.7. The maximum Gasteiger partial charge on any atom is 0.159 e. The van der Waals surface area contributed by atoms with Crippen molar-refractivity contribution in [2.24, 2.45) is 0 Å². The fourth-order valence-corrected chi connectivity index (χ4v) is 3.10. The summed E-state index contributed by atoms with van der Waals surface area (Å²) in [6, 6.07) is 20.1. The number of benzene rings is 3. The number of nitrogens with two attached hydrogens (primary N) is 1. The van der Waals surface area contributed by atoms with Gasteiger partial charge in [-0.25, -0.2) is 9.97 Å². The highest BCUT2D eigenvalue weighted by atomic mass is 16.5. The van der Waals surface area contributed by atoms with Crippen molar-refractivity contribution in [3.05, 3.63) is 72.6 Å². The van der Waals surface area contributed by atoms with Crippen LogP contribution in [0.15, 0.2) is 67.0 Å². The number of nitrogen functional groups attached to an aromatic ring is 1. The summed E-state index contributed by atoms with van der Waals surface area (Å²) in [5.74, 6) is 1.77. The van der Waals surface area contributed by atoms with Crippen molar-refractivity contribution in [3.63, 3.8) is 0 Å². The Labute approximate surface area is 163 Å². The average Bonchev–Trinajstić information content (AvgIpc) is 2.71. The summed E-state index contributed by atoms with van der Waals surface area (Å²) < 4.78 is 5.42. The first-order valence-electron chi connectivity index (χ1n) is 8.92. The molecule has 6 nitrogen and oxygen atoms in total. The highest BCUT2D eigenvalue weighted by Crippen LogP contribution is 2.34. The van der Waals surface area contributed by atoms with Gasteiger partial charge < -0.3 is 21.1 Å². The normalized spacial score (nSPS) is 10.6. The van der Waals surface area contributed by atoms with Gasteiger partial charge in [0.2, 0.25) is 0 Å². The molecule has 0 amide bonds. The Balaban J connectivity index is 1.68. The molecule has 4 aromatic rings. The summed E-state index contributed by atoms with van der Waals surface area (Å²) >= 11 is 0. The third kappa shape index (κ3) is 3.40. The summed E-state index contributed by atoms with van der Waals surface area (Å²) in [4.78, 5) is 8.62. The first-order chi connectivity index (χ1) is 13.7. The molecule has 0 saturated carbocycles. The van der Waals surface area contributed by atoms with Crippen LogP contribution in [0.4, 0.5) is 28.7 Å². The minimum atomic E-state index is 0.430. The van der Waals surface area contributed by atoms with E-state index in [1.54, 1.807) is 7.11 Å². The molecule has 3 aromatic carbocycles. The number of rotatable bonds is 5. The number of aryl methyl sites for hydroxylation is 1. The molecule has 6 heteroatoms. The quantitative estimate of drug-likeness (QED) is 0.457. The molecule has 0 saturated heterocycles. The van der Waals surface area contributed by atoms with Gasteiger partial charge in [-0.15, -0.1) is 0 Å². The van der Waals surface area contributed by atoms with Crippen molar-refractivity contribution < 1.29 is 4.74 Å². The maximum atomic E-state index is 6.36. The van der Waals surface area contributed by atoms with E-state index in [1.807, 2.05) is 49.4 Å². The van der Waals surface area contributed by atoms with Crippen LogP contribution in [0, 0.1) is 6.92 Å². The number of fused-ring (bicyclic) bond motifs is 1. The lowest BCUT2D eigenvalue weighted by Crippen LogP contribution is -2.06. The van der Waals surface area contributed by atoms with Crippen LogP contribution >= 0.6 is 0 Å². The number of anilines is 5. The van der Waals surface area contributed by atoms with Crippen LogP contribution in [-0.4, -0.2) is 17.1 Å². The number of nitrogens with one attached hydrogen (secondary N) is 2. The molecule has 0 aliphatic heterocycles. The van der Waals surface area contributed by atoms with Gasteiger partial charge in [-0.2, -0.15) is 0 Å². The number of hydrogen-bond donors (Lipinski definition) is 3. The molecule has 0 aliphatic rings. The molecule has 0 atom stereocenters. The molecule has 0 unspecified atom stereocenters. The highest BCUT2D eigenvalue weighted by Gasteiger charge is 2.12. The molecule has 1 heterocycles. The molecule has 0 fully saturated rings. The predicted molar refractivity (Wildman–Crippen MR) is 115 cm³/mol. The van der Waals surface area contributed by atoms with Crippen LogP contribution in [0.5, 0.6) is 5.75 Å². The Kier molecular flexibility index (Phi) is 4.68. The van der Waals surface area contributed by atoms with Gasteiger partial charge in [-0.3, -0.25) is 0 Å². The van der Waals surface area contributed by atoms with E-state index in [0.29, 0.717) is 23.1 Å². The van der Waals surface area contributed by atoms with Crippen LogP contribution in [-0.2, 0) is 0 Å². The SMILES string of the molecule is COc1ccc(C)cc1Nc1ncnc(Nc2cccc3ccccc23)c1N. The summed E-state index contributed by atoms with van der Waals surface area (Å²) in [6.45, 7) is 2.02. The van der Waals surface area contributed by atoms with E-state index >= 15 is 0 Å². The molecule has 0 radical (unpaired) electrons. The fraction of sp³-hybridized carbons (Fsp3) is 0.0909. The van der Waals surface area contributed by atoms with E-state index in [4.69, 9.17) is 10.5 Å². The summed E-state index contributed by atoms with van der Waals surface area (Å²) in [5, 5.41) is 8.83. The Morgan fingerprint density at radius 1 is 0.857 bits per heavy atom. The lowest BCUT2D eigenvalue weighted by Gasteiger charge is -2.15. The number of hydrogen-bond acceptors (Lipinski definition) is 6. The largest absolute Gasteiger partial charge is 0.495 e. The molecule has 1 aromatic heterocycles. The number of ether oxygens (including phenoxy) is 1. The smallest absolute Gasteiger partial charge is 0.159 e. The minimum absolute atomic E-state index is 0.430. The first kappa shape index (κ1) is 17.6. The van der Waals surface area contributed by atoms with E-state index in [9.17, 15) is 0 Å². The van der Waals surface area contributed by atoms with Crippen molar-refractivity contribution in [1.82, 2.24) is 9.97 Å². The molecule has 0 spiro atoms. The van der Waals surface area contributed by atoms with Crippen LogP contribution in [0.25, 0.3) is 10.8 Å².